The van der Waals surface area contributed by atoms with Crippen molar-refractivity contribution in [3.05, 3.63) is 11.1 Å². The van der Waals surface area contributed by atoms with Crippen LogP contribution in [0.25, 0.3) is 0 Å². The highest BCUT2D eigenvalue weighted by atomic mass is 32.1. The van der Waals surface area contributed by atoms with Gasteiger partial charge in [-0.1, -0.05) is 13.8 Å². The van der Waals surface area contributed by atoms with Crippen molar-refractivity contribution in [3.63, 3.8) is 0 Å². The number of hydrogen-bond acceptors (Lipinski definition) is 2. The van der Waals surface area contributed by atoms with Gasteiger partial charge in [-0.15, -0.1) is 12.6 Å². The molecule has 1 amide bonds. The topological polar surface area (TPSA) is 20.3 Å². The van der Waals surface area contributed by atoms with Crippen LogP contribution in [0.3, 0.4) is 0 Å². The van der Waals surface area contributed by atoms with Gasteiger partial charge in [-0.2, -0.15) is 0 Å². The first-order valence-electron chi connectivity index (χ1n) is 4.39. The number of nitrogens with zero attached hydrogens (tertiary/aromatic N) is 1. The van der Waals surface area contributed by atoms with Crippen LogP contribution in [0.2, 0.25) is 0 Å². The molecule has 2 nitrogen and oxygen atoms in total. The summed E-state index contributed by atoms with van der Waals surface area (Å²) in [6.07, 6.45) is 2.84. The third-order valence-corrected chi connectivity index (χ3v) is 3.52. The Morgan fingerprint density at radius 1 is 1.67 bits per heavy atom. The Balaban J connectivity index is 2.21. The lowest BCUT2D eigenvalue weighted by atomic mass is 9.81. The largest absolute Gasteiger partial charge is 0.313 e. The number of hydrogen-bond donors (Lipinski definition) is 1. The van der Waals surface area contributed by atoms with E-state index in [0.717, 1.165) is 11.3 Å². The molecule has 2 rings (SSSR count). The molecular formula is C9H13NOS. The number of fused-ring (bicyclic) bond motifs is 1. The van der Waals surface area contributed by atoms with E-state index in [1.54, 1.807) is 0 Å². The molecule has 1 fully saturated rings. The maximum absolute atomic E-state index is 11.4. The number of thiol groups is 1. The van der Waals surface area contributed by atoms with Gasteiger partial charge in [0.05, 0.1) is 12.0 Å². The second-order valence-electron chi connectivity index (χ2n) is 3.59. The lowest BCUT2D eigenvalue weighted by Gasteiger charge is -2.43. The Labute approximate surface area is 78.0 Å². The molecule has 66 valence electrons. The fraction of sp³-hybridized carbons (Fsp3) is 0.667. The minimum absolute atomic E-state index is 0.251. The van der Waals surface area contributed by atoms with Gasteiger partial charge < -0.3 is 4.90 Å². The Morgan fingerprint density at radius 2 is 2.33 bits per heavy atom. The zero-order valence-electron chi connectivity index (χ0n) is 7.32. The number of amides is 1. The molecule has 0 N–H and O–H groups in total. The van der Waals surface area contributed by atoms with Crippen LogP contribution in [0, 0.1) is 11.8 Å². The molecule has 1 saturated heterocycles. The summed E-state index contributed by atoms with van der Waals surface area (Å²) >= 11 is 4.33. The smallest absolute Gasteiger partial charge is 0.232 e. The zero-order valence-corrected chi connectivity index (χ0v) is 8.21. The van der Waals surface area contributed by atoms with Crippen LogP contribution in [0.15, 0.2) is 11.1 Å². The van der Waals surface area contributed by atoms with E-state index in [9.17, 15) is 4.79 Å². The van der Waals surface area contributed by atoms with Crippen LogP contribution in [0.5, 0.6) is 0 Å². The van der Waals surface area contributed by atoms with E-state index in [-0.39, 0.29) is 11.8 Å². The average Bonchev–Trinajstić information content (AvgIpc) is 2.30. The molecule has 0 spiro atoms. The first-order chi connectivity index (χ1) is 5.66. The summed E-state index contributed by atoms with van der Waals surface area (Å²) in [5, 5.41) is 0. The van der Waals surface area contributed by atoms with Crippen molar-refractivity contribution in [2.24, 2.45) is 11.8 Å². The summed E-state index contributed by atoms with van der Waals surface area (Å²) in [7, 11) is 0. The molecule has 0 aromatic heterocycles. The van der Waals surface area contributed by atoms with E-state index in [0.29, 0.717) is 12.0 Å². The number of β-lactam (4-membered cyclic amide) rings is 1. The molecule has 2 aliphatic heterocycles. The monoisotopic (exact) mass is 183 g/mol. The summed E-state index contributed by atoms with van der Waals surface area (Å²) in [5.41, 5.74) is 0. The second-order valence-corrected chi connectivity index (χ2v) is 4.11. The van der Waals surface area contributed by atoms with Crippen molar-refractivity contribution in [1.82, 2.24) is 4.90 Å². The molecular weight excluding hydrogens is 170 g/mol. The Morgan fingerprint density at radius 3 is 2.92 bits per heavy atom. The van der Waals surface area contributed by atoms with Crippen molar-refractivity contribution in [2.75, 3.05) is 0 Å². The molecule has 0 radical (unpaired) electrons. The summed E-state index contributed by atoms with van der Waals surface area (Å²) < 4.78 is 0. The third kappa shape index (κ3) is 0.802. The zero-order chi connectivity index (χ0) is 8.88. The van der Waals surface area contributed by atoms with Gasteiger partial charge in [-0.25, -0.2) is 0 Å². The van der Waals surface area contributed by atoms with Crippen LogP contribution in [-0.2, 0) is 4.79 Å². The van der Waals surface area contributed by atoms with Gasteiger partial charge in [-0.3, -0.25) is 4.79 Å². The van der Waals surface area contributed by atoms with Crippen LogP contribution in [-0.4, -0.2) is 16.8 Å². The van der Waals surface area contributed by atoms with Crippen molar-refractivity contribution in [2.45, 2.75) is 26.3 Å². The highest BCUT2D eigenvalue weighted by Gasteiger charge is 2.51. The van der Waals surface area contributed by atoms with Crippen LogP contribution >= 0.6 is 12.6 Å². The van der Waals surface area contributed by atoms with E-state index in [2.05, 4.69) is 26.5 Å². The first kappa shape index (κ1) is 8.17. The lowest BCUT2D eigenvalue weighted by Crippen LogP contribution is -2.57. The number of carbonyl (C=O) groups excluding carboxylic acids is 1. The summed E-state index contributed by atoms with van der Waals surface area (Å²) in [4.78, 5) is 14.3. The van der Waals surface area contributed by atoms with Gasteiger partial charge >= 0.3 is 0 Å². The molecule has 2 aliphatic rings. The van der Waals surface area contributed by atoms with Crippen molar-refractivity contribution in [1.29, 1.82) is 0 Å². The van der Waals surface area contributed by atoms with Gasteiger partial charge in [0.15, 0.2) is 0 Å². The minimum Gasteiger partial charge on any atom is -0.313 e. The molecule has 0 saturated carbocycles. The normalized spacial score (nSPS) is 39.2. The van der Waals surface area contributed by atoms with E-state index >= 15 is 0 Å². The summed E-state index contributed by atoms with van der Waals surface area (Å²) in [6.45, 7) is 4.21. The molecule has 0 aromatic rings. The van der Waals surface area contributed by atoms with Crippen LogP contribution in [0.4, 0.5) is 0 Å². The Bertz CT molecular complexity index is 261. The molecule has 12 heavy (non-hydrogen) atoms. The van der Waals surface area contributed by atoms with E-state index in [4.69, 9.17) is 0 Å². The molecule has 2 heterocycles. The van der Waals surface area contributed by atoms with E-state index in [1.165, 1.54) is 0 Å². The molecule has 3 atom stereocenters. The van der Waals surface area contributed by atoms with Gasteiger partial charge in [0.2, 0.25) is 5.91 Å². The first-order valence-corrected chi connectivity index (χ1v) is 4.84. The average molecular weight is 183 g/mol. The molecule has 0 aromatic carbocycles. The lowest BCUT2D eigenvalue weighted by molar-refractivity contribution is -0.151. The van der Waals surface area contributed by atoms with Crippen LogP contribution < -0.4 is 0 Å². The second kappa shape index (κ2) is 2.52. The maximum Gasteiger partial charge on any atom is 0.232 e. The van der Waals surface area contributed by atoms with Gasteiger partial charge in [0.25, 0.3) is 0 Å². The SMILES string of the molecule is CCC1C(=O)N2C=C(S)C(C)C12. The maximum atomic E-state index is 11.4. The molecule has 3 heteroatoms. The number of carbonyl (C=O) groups is 1. The molecule has 3 unspecified atom stereocenters. The Kier molecular flexibility index (Phi) is 1.72. The third-order valence-electron chi connectivity index (χ3n) is 3.00. The van der Waals surface area contributed by atoms with Crippen LogP contribution in [0.1, 0.15) is 20.3 Å². The fourth-order valence-corrected chi connectivity index (χ4v) is 2.46. The molecule has 0 aliphatic carbocycles. The van der Waals surface area contributed by atoms with Gasteiger partial charge in [0.1, 0.15) is 0 Å². The van der Waals surface area contributed by atoms with Gasteiger partial charge in [-0.05, 0) is 6.42 Å². The van der Waals surface area contributed by atoms with Crippen molar-refractivity contribution < 1.29 is 4.79 Å². The fourth-order valence-electron chi connectivity index (χ4n) is 2.19. The predicted octanol–water partition coefficient (Wildman–Crippen LogP) is 1.64. The predicted molar refractivity (Wildman–Crippen MR) is 50.6 cm³/mol. The Hall–Kier alpha value is -0.440. The summed E-state index contributed by atoms with van der Waals surface area (Å²) in [5.74, 6) is 0.968. The highest BCUT2D eigenvalue weighted by molar-refractivity contribution is 7.84. The molecule has 0 bridgehead atoms. The van der Waals surface area contributed by atoms with E-state index < -0.39 is 0 Å². The van der Waals surface area contributed by atoms with Crippen molar-refractivity contribution >= 4 is 18.5 Å². The number of rotatable bonds is 1. The standard InChI is InChI=1S/C9H13NOS/c1-3-6-8-5(2)7(12)4-10(8)9(6)11/h4-6,8,12H,3H2,1-2H3. The van der Waals surface area contributed by atoms with E-state index in [1.807, 2.05) is 11.1 Å². The highest BCUT2D eigenvalue weighted by Crippen LogP contribution is 2.43. The minimum atomic E-state index is 0.251. The summed E-state index contributed by atoms with van der Waals surface area (Å²) in [6, 6.07) is 0.412. The van der Waals surface area contributed by atoms with Crippen molar-refractivity contribution in [3.8, 4) is 0 Å². The quantitative estimate of drug-likeness (QED) is 0.484. The van der Waals surface area contributed by atoms with Gasteiger partial charge in [0, 0.05) is 17.0 Å².